The molecule has 8 heteroatoms. The summed E-state index contributed by atoms with van der Waals surface area (Å²) in [5, 5.41) is 6.27. The number of nitrogens with one attached hydrogen (secondary N) is 2. The number of hydrogen-bond acceptors (Lipinski definition) is 4. The quantitative estimate of drug-likeness (QED) is 0.559. The number of furan rings is 1. The zero-order valence-electron chi connectivity index (χ0n) is 18.3. The zero-order valence-corrected chi connectivity index (χ0v) is 19.1. The first-order valence-electron chi connectivity index (χ1n) is 11.2. The van der Waals surface area contributed by atoms with Crippen LogP contribution in [0.15, 0.2) is 47.1 Å². The third kappa shape index (κ3) is 6.36. The largest absolute Gasteiger partial charge is 0.459 e. The van der Waals surface area contributed by atoms with Crippen LogP contribution in [0.1, 0.15) is 67.6 Å². The molecule has 2 aromatic rings. The Morgan fingerprint density at radius 1 is 1.16 bits per heavy atom. The number of hydrogen-bond donors (Lipinski definition) is 2. The second-order valence-corrected chi connectivity index (χ2v) is 8.48. The maximum Gasteiger partial charge on any atom is 0.287 e. The topological polar surface area (TPSA) is 91.7 Å². The number of benzene rings is 1. The second kappa shape index (κ2) is 11.7. The zero-order chi connectivity index (χ0) is 22.9. The van der Waals surface area contributed by atoms with Crippen molar-refractivity contribution in [1.82, 2.24) is 15.5 Å². The molecule has 172 valence electrons. The fraction of sp³-hybridized carbons (Fsp3) is 0.458. The van der Waals surface area contributed by atoms with E-state index in [2.05, 4.69) is 10.6 Å². The van der Waals surface area contributed by atoms with Crippen molar-refractivity contribution < 1.29 is 18.8 Å². The van der Waals surface area contributed by atoms with E-state index >= 15 is 0 Å². The van der Waals surface area contributed by atoms with Crippen LogP contribution in [0.4, 0.5) is 0 Å². The van der Waals surface area contributed by atoms with E-state index in [1.54, 1.807) is 35.2 Å². The summed E-state index contributed by atoms with van der Waals surface area (Å²) >= 11 is 6.06. The Hall–Kier alpha value is -2.80. The van der Waals surface area contributed by atoms with E-state index < -0.39 is 11.9 Å². The first-order valence-corrected chi connectivity index (χ1v) is 11.5. The molecule has 1 atom stereocenters. The predicted molar refractivity (Wildman–Crippen MR) is 122 cm³/mol. The number of carbonyl (C=O) groups excluding carboxylic acids is 3. The van der Waals surface area contributed by atoms with Crippen molar-refractivity contribution in [1.29, 1.82) is 0 Å². The van der Waals surface area contributed by atoms with Gasteiger partial charge < -0.3 is 20.0 Å². The first-order chi connectivity index (χ1) is 15.5. The van der Waals surface area contributed by atoms with E-state index in [4.69, 9.17) is 16.0 Å². The number of carbonyl (C=O) groups is 3. The van der Waals surface area contributed by atoms with E-state index in [9.17, 15) is 14.4 Å². The van der Waals surface area contributed by atoms with Gasteiger partial charge in [-0.2, -0.15) is 0 Å². The lowest BCUT2D eigenvalue weighted by atomic mass is 10.0. The molecule has 0 radical (unpaired) electrons. The van der Waals surface area contributed by atoms with Gasteiger partial charge >= 0.3 is 0 Å². The Labute approximate surface area is 193 Å². The van der Waals surface area contributed by atoms with Crippen LogP contribution in [0.3, 0.4) is 0 Å². The van der Waals surface area contributed by atoms with Crippen molar-refractivity contribution in [3.63, 3.8) is 0 Å². The fourth-order valence-corrected chi connectivity index (χ4v) is 4.07. The molecule has 1 fully saturated rings. The Bertz CT molecular complexity index is 892. The van der Waals surface area contributed by atoms with Crippen molar-refractivity contribution in [2.45, 2.75) is 57.5 Å². The van der Waals surface area contributed by atoms with Crippen molar-refractivity contribution >= 4 is 29.3 Å². The summed E-state index contributed by atoms with van der Waals surface area (Å²) in [4.78, 5) is 40.4. The van der Waals surface area contributed by atoms with E-state index in [0.717, 1.165) is 38.5 Å². The minimum Gasteiger partial charge on any atom is -0.459 e. The summed E-state index contributed by atoms with van der Waals surface area (Å²) in [5.74, 6) is -0.885. The first kappa shape index (κ1) is 23.9. The third-order valence-electron chi connectivity index (χ3n) is 5.67. The van der Waals surface area contributed by atoms with E-state index in [1.807, 2.05) is 6.92 Å². The molecule has 1 aliphatic carbocycles. The maximum absolute atomic E-state index is 13.4. The van der Waals surface area contributed by atoms with Crippen LogP contribution in [0.5, 0.6) is 0 Å². The van der Waals surface area contributed by atoms with Gasteiger partial charge in [0, 0.05) is 17.6 Å². The molecule has 1 aromatic carbocycles. The lowest BCUT2D eigenvalue weighted by Crippen LogP contribution is -2.49. The molecule has 0 unspecified atom stereocenters. The molecule has 0 spiro atoms. The van der Waals surface area contributed by atoms with Gasteiger partial charge in [0.05, 0.1) is 12.8 Å². The van der Waals surface area contributed by atoms with Crippen LogP contribution in [0.25, 0.3) is 0 Å². The number of amides is 3. The van der Waals surface area contributed by atoms with Gasteiger partial charge in [-0.15, -0.1) is 0 Å². The van der Waals surface area contributed by atoms with Crippen LogP contribution >= 0.6 is 11.6 Å². The van der Waals surface area contributed by atoms with Crippen LogP contribution in [0, 0.1) is 0 Å². The summed E-state index contributed by atoms with van der Waals surface area (Å²) < 4.78 is 5.08. The predicted octanol–water partition coefficient (Wildman–Crippen LogP) is 4.09. The Morgan fingerprint density at radius 3 is 2.50 bits per heavy atom. The van der Waals surface area contributed by atoms with Gasteiger partial charge in [0.25, 0.3) is 5.91 Å². The highest BCUT2D eigenvalue weighted by Gasteiger charge is 2.33. The Kier molecular flexibility index (Phi) is 8.73. The van der Waals surface area contributed by atoms with Gasteiger partial charge in [-0.25, -0.2) is 0 Å². The SMILES string of the molecule is CCCCN(C(=O)CNC(=O)c1ccco1)[C@H](C(=O)NC1CCCC1)c1ccc(Cl)cc1. The van der Waals surface area contributed by atoms with Gasteiger partial charge in [-0.05, 0) is 49.1 Å². The Morgan fingerprint density at radius 2 is 1.88 bits per heavy atom. The standard InChI is InChI=1S/C24H30ClN3O4/c1-2-3-14-28(21(29)16-26-23(30)20-9-6-15-32-20)22(17-10-12-18(25)13-11-17)24(31)27-19-7-4-5-8-19/h6,9-13,15,19,22H,2-5,7-8,14,16H2,1H3,(H,26,30)(H,27,31)/t22-/m0/s1. The van der Waals surface area contributed by atoms with Crippen molar-refractivity contribution in [3.8, 4) is 0 Å². The molecule has 2 N–H and O–H groups in total. The highest BCUT2D eigenvalue weighted by Crippen LogP contribution is 2.26. The molecule has 3 rings (SSSR count). The molecule has 1 saturated carbocycles. The molecule has 32 heavy (non-hydrogen) atoms. The maximum atomic E-state index is 13.4. The van der Waals surface area contributed by atoms with Crippen LogP contribution in [-0.4, -0.2) is 41.8 Å². The van der Waals surface area contributed by atoms with Gasteiger partial charge in [0.15, 0.2) is 5.76 Å². The molecule has 0 bridgehead atoms. The van der Waals surface area contributed by atoms with Crippen molar-refractivity contribution in [2.75, 3.05) is 13.1 Å². The van der Waals surface area contributed by atoms with E-state index in [-0.39, 0.29) is 30.2 Å². The molecule has 1 heterocycles. The fourth-order valence-electron chi connectivity index (χ4n) is 3.95. The summed E-state index contributed by atoms with van der Waals surface area (Å²) in [6, 6.07) is 9.44. The normalized spacial score (nSPS) is 14.7. The second-order valence-electron chi connectivity index (χ2n) is 8.04. The van der Waals surface area contributed by atoms with Crippen LogP contribution < -0.4 is 10.6 Å². The minimum absolute atomic E-state index is 0.124. The summed E-state index contributed by atoms with van der Waals surface area (Å²) in [6.45, 7) is 2.19. The average molecular weight is 460 g/mol. The molecular formula is C24H30ClN3O4. The van der Waals surface area contributed by atoms with E-state index in [1.165, 1.54) is 12.3 Å². The number of unbranched alkanes of at least 4 members (excludes halogenated alkanes) is 1. The highest BCUT2D eigenvalue weighted by atomic mass is 35.5. The number of nitrogens with zero attached hydrogens (tertiary/aromatic N) is 1. The molecule has 1 aliphatic rings. The van der Waals surface area contributed by atoms with Gasteiger partial charge in [-0.3, -0.25) is 14.4 Å². The van der Waals surface area contributed by atoms with Crippen molar-refractivity contribution in [3.05, 3.63) is 59.0 Å². The van der Waals surface area contributed by atoms with Gasteiger partial charge in [0.2, 0.25) is 11.8 Å². The molecule has 1 aromatic heterocycles. The van der Waals surface area contributed by atoms with Gasteiger partial charge in [0.1, 0.15) is 6.04 Å². The number of halogens is 1. The third-order valence-corrected chi connectivity index (χ3v) is 5.92. The lowest BCUT2D eigenvalue weighted by molar-refractivity contribution is -0.140. The van der Waals surface area contributed by atoms with Crippen LogP contribution in [-0.2, 0) is 9.59 Å². The molecule has 3 amide bonds. The molecule has 0 saturated heterocycles. The number of rotatable bonds is 10. The lowest BCUT2D eigenvalue weighted by Gasteiger charge is -2.32. The van der Waals surface area contributed by atoms with E-state index in [0.29, 0.717) is 17.1 Å². The highest BCUT2D eigenvalue weighted by molar-refractivity contribution is 6.30. The van der Waals surface area contributed by atoms with Gasteiger partial charge in [-0.1, -0.05) is 49.9 Å². The molecular weight excluding hydrogens is 430 g/mol. The monoisotopic (exact) mass is 459 g/mol. The minimum atomic E-state index is -0.799. The molecule has 7 nitrogen and oxygen atoms in total. The molecule has 0 aliphatic heterocycles. The van der Waals surface area contributed by atoms with Crippen molar-refractivity contribution in [2.24, 2.45) is 0 Å². The summed E-state index contributed by atoms with van der Waals surface area (Å²) in [6.07, 6.45) is 7.07. The van der Waals surface area contributed by atoms with Crippen LogP contribution in [0.2, 0.25) is 5.02 Å². The average Bonchev–Trinajstić information content (AvgIpc) is 3.50. The summed E-state index contributed by atoms with van der Waals surface area (Å²) in [5.41, 5.74) is 0.687. The Balaban J connectivity index is 1.81. The smallest absolute Gasteiger partial charge is 0.287 e. The summed E-state index contributed by atoms with van der Waals surface area (Å²) in [7, 11) is 0.